The zero-order valence-electron chi connectivity index (χ0n) is 10.1. The minimum Gasteiger partial charge on any atom is -0.465 e. The highest BCUT2D eigenvalue weighted by Crippen LogP contribution is 2.38. The average molecular weight is 218 g/mol. The maximum Gasteiger partial charge on any atom is 0.344 e. The first-order valence-corrected chi connectivity index (χ1v) is 5.22. The van der Waals surface area contributed by atoms with Crippen molar-refractivity contribution in [3.05, 3.63) is 35.5 Å². The Hall–Kier alpha value is -1.61. The number of benzene rings is 1. The van der Waals surface area contributed by atoms with Gasteiger partial charge in [-0.3, -0.25) is 4.48 Å². The number of fused-ring (bicyclic) bond motifs is 1. The van der Waals surface area contributed by atoms with Crippen LogP contribution in [0.25, 0.3) is 5.57 Å². The van der Waals surface area contributed by atoms with Crippen molar-refractivity contribution in [3.63, 3.8) is 0 Å². The monoisotopic (exact) mass is 218 g/mol. The fraction of sp³-hybridized carbons (Fsp3) is 0.308. The van der Waals surface area contributed by atoms with E-state index in [1.54, 1.807) is 0 Å². The predicted octanol–water partition coefficient (Wildman–Crippen LogP) is 2.09. The highest BCUT2D eigenvalue weighted by atomic mass is 16.5. The molecule has 3 nitrogen and oxygen atoms in total. The van der Waals surface area contributed by atoms with Crippen LogP contribution in [0.1, 0.15) is 11.1 Å². The molecule has 0 aliphatic carbocycles. The van der Waals surface area contributed by atoms with Crippen molar-refractivity contribution in [2.75, 3.05) is 21.2 Å². The molecule has 3 heteroatoms. The number of rotatable bonds is 1. The molecule has 0 N–H and O–H groups in total. The van der Waals surface area contributed by atoms with Gasteiger partial charge in [-0.1, -0.05) is 11.6 Å². The molecular weight excluding hydrogens is 202 g/mol. The number of carbonyl (C=O) groups is 1. The fourth-order valence-corrected chi connectivity index (χ4v) is 2.10. The van der Waals surface area contributed by atoms with Gasteiger partial charge in [-0.25, -0.2) is 4.79 Å². The Labute approximate surface area is 95.5 Å². The summed E-state index contributed by atoms with van der Waals surface area (Å²) in [6.07, 6.45) is 1.93. The number of hydrogen-bond acceptors (Lipinski definition) is 2. The van der Waals surface area contributed by atoms with E-state index in [2.05, 4.69) is 12.1 Å². The van der Waals surface area contributed by atoms with Gasteiger partial charge in [0.15, 0.2) is 0 Å². The standard InChI is InChI=1S/C13H16NO2/c1-9-5-6-12-10(7-9)11(13(15)16-4)8-14(12,2)3/h5-8H,1-4H3/q+1. The zero-order valence-corrected chi connectivity index (χ0v) is 10.1. The molecule has 0 atom stereocenters. The summed E-state index contributed by atoms with van der Waals surface area (Å²) in [5.74, 6) is -0.268. The Bertz CT molecular complexity index is 487. The summed E-state index contributed by atoms with van der Waals surface area (Å²) in [5.41, 5.74) is 3.92. The van der Waals surface area contributed by atoms with Gasteiger partial charge in [0, 0.05) is 6.07 Å². The largest absolute Gasteiger partial charge is 0.465 e. The second-order valence-electron chi connectivity index (χ2n) is 4.59. The fourth-order valence-electron chi connectivity index (χ4n) is 2.10. The van der Waals surface area contributed by atoms with E-state index in [1.165, 1.54) is 7.11 Å². The Morgan fingerprint density at radius 3 is 2.62 bits per heavy atom. The van der Waals surface area contributed by atoms with Crippen LogP contribution in [-0.2, 0) is 9.53 Å². The summed E-state index contributed by atoms with van der Waals surface area (Å²) in [5, 5.41) is 0. The van der Waals surface area contributed by atoms with Gasteiger partial charge in [0.2, 0.25) is 0 Å². The van der Waals surface area contributed by atoms with Crippen LogP contribution in [0, 0.1) is 6.92 Å². The number of carbonyl (C=O) groups excluding carboxylic acids is 1. The maximum atomic E-state index is 11.7. The van der Waals surface area contributed by atoms with Gasteiger partial charge in [0.1, 0.15) is 17.5 Å². The lowest BCUT2D eigenvalue weighted by molar-refractivity contribution is -0.133. The molecule has 0 bridgehead atoms. The smallest absolute Gasteiger partial charge is 0.344 e. The minimum absolute atomic E-state index is 0.268. The Balaban J connectivity index is 2.61. The lowest BCUT2D eigenvalue weighted by atomic mass is 10.0. The molecule has 16 heavy (non-hydrogen) atoms. The first kappa shape index (κ1) is 10.9. The van der Waals surface area contributed by atoms with Crippen LogP contribution in [0.4, 0.5) is 5.69 Å². The average Bonchev–Trinajstić information content (AvgIpc) is 2.49. The highest BCUT2D eigenvalue weighted by Gasteiger charge is 2.34. The van der Waals surface area contributed by atoms with E-state index >= 15 is 0 Å². The van der Waals surface area contributed by atoms with Gasteiger partial charge < -0.3 is 4.74 Å². The van der Waals surface area contributed by atoms with Gasteiger partial charge in [0.25, 0.3) is 0 Å². The van der Waals surface area contributed by atoms with Crippen LogP contribution in [-0.4, -0.2) is 27.2 Å². The SMILES string of the molecule is COC(=O)C1=C[N+](C)(C)c2ccc(C)cc21. The molecule has 0 unspecified atom stereocenters. The van der Waals surface area contributed by atoms with Crippen LogP contribution in [0.2, 0.25) is 0 Å². The first-order chi connectivity index (χ1) is 7.45. The summed E-state index contributed by atoms with van der Waals surface area (Å²) in [7, 11) is 5.51. The summed E-state index contributed by atoms with van der Waals surface area (Å²) in [6.45, 7) is 2.02. The third-order valence-corrected chi connectivity index (χ3v) is 2.92. The van der Waals surface area contributed by atoms with E-state index in [0.717, 1.165) is 16.8 Å². The van der Waals surface area contributed by atoms with Gasteiger partial charge >= 0.3 is 5.97 Å². The van der Waals surface area contributed by atoms with Crippen molar-refractivity contribution in [2.24, 2.45) is 0 Å². The molecule has 0 aromatic heterocycles. The number of methoxy groups -OCH3 is 1. The molecule has 1 heterocycles. The summed E-state index contributed by atoms with van der Waals surface area (Å²) >= 11 is 0. The van der Waals surface area contributed by atoms with E-state index in [1.807, 2.05) is 33.3 Å². The minimum atomic E-state index is -0.268. The van der Waals surface area contributed by atoms with Crippen LogP contribution in [0.5, 0.6) is 0 Å². The van der Waals surface area contributed by atoms with Crippen LogP contribution < -0.4 is 4.48 Å². The second kappa shape index (κ2) is 3.46. The Morgan fingerprint density at radius 2 is 2.00 bits per heavy atom. The molecule has 2 rings (SSSR count). The quantitative estimate of drug-likeness (QED) is 0.533. The third-order valence-electron chi connectivity index (χ3n) is 2.92. The molecule has 0 saturated heterocycles. The van der Waals surface area contributed by atoms with Crippen molar-refractivity contribution >= 4 is 17.2 Å². The maximum absolute atomic E-state index is 11.7. The van der Waals surface area contributed by atoms with Gasteiger partial charge in [-0.2, -0.15) is 0 Å². The van der Waals surface area contributed by atoms with E-state index in [9.17, 15) is 4.79 Å². The number of nitrogens with zero attached hydrogens (tertiary/aromatic N) is 1. The van der Waals surface area contributed by atoms with Crippen molar-refractivity contribution < 1.29 is 9.53 Å². The van der Waals surface area contributed by atoms with Crippen molar-refractivity contribution in [1.29, 1.82) is 0 Å². The Morgan fingerprint density at radius 1 is 1.31 bits per heavy atom. The van der Waals surface area contributed by atoms with Gasteiger partial charge in [-0.05, 0) is 13.0 Å². The lowest BCUT2D eigenvalue weighted by Gasteiger charge is -2.20. The molecule has 1 aromatic rings. The number of ether oxygens (including phenoxy) is 1. The molecule has 1 aliphatic heterocycles. The molecule has 1 aromatic carbocycles. The van der Waals surface area contributed by atoms with Crippen molar-refractivity contribution in [2.45, 2.75) is 6.92 Å². The number of quaternary nitrogens is 1. The van der Waals surface area contributed by atoms with Crippen molar-refractivity contribution in [1.82, 2.24) is 4.48 Å². The molecule has 0 saturated carbocycles. The number of esters is 1. The summed E-state index contributed by atoms with van der Waals surface area (Å²) in [4.78, 5) is 11.7. The van der Waals surface area contributed by atoms with Crippen LogP contribution in [0.3, 0.4) is 0 Å². The van der Waals surface area contributed by atoms with Gasteiger partial charge in [-0.15, -0.1) is 0 Å². The normalized spacial score (nSPS) is 16.6. The van der Waals surface area contributed by atoms with E-state index < -0.39 is 0 Å². The van der Waals surface area contributed by atoms with Crippen LogP contribution in [0.15, 0.2) is 24.4 Å². The topological polar surface area (TPSA) is 26.3 Å². The molecule has 84 valence electrons. The molecule has 0 fully saturated rings. The second-order valence-corrected chi connectivity index (χ2v) is 4.59. The van der Waals surface area contributed by atoms with E-state index in [4.69, 9.17) is 4.74 Å². The molecule has 0 radical (unpaired) electrons. The molecular formula is C13H16NO2+. The first-order valence-electron chi connectivity index (χ1n) is 5.22. The van der Waals surface area contributed by atoms with E-state index in [-0.39, 0.29) is 5.97 Å². The zero-order chi connectivity index (χ0) is 11.9. The number of hydrogen-bond donors (Lipinski definition) is 0. The van der Waals surface area contributed by atoms with Gasteiger partial charge in [0.05, 0.1) is 26.8 Å². The number of aryl methyl sites for hydroxylation is 1. The molecule has 1 aliphatic rings. The highest BCUT2D eigenvalue weighted by molar-refractivity contribution is 6.19. The summed E-state index contributed by atoms with van der Waals surface area (Å²) < 4.78 is 5.39. The molecule has 0 amide bonds. The van der Waals surface area contributed by atoms with Crippen molar-refractivity contribution in [3.8, 4) is 0 Å². The molecule has 0 spiro atoms. The lowest BCUT2D eigenvalue weighted by Crippen LogP contribution is -2.31. The van der Waals surface area contributed by atoms with Crippen LogP contribution >= 0.6 is 0 Å². The predicted molar refractivity (Wildman–Crippen MR) is 64.8 cm³/mol. The van der Waals surface area contributed by atoms with E-state index in [0.29, 0.717) is 10.1 Å². The third kappa shape index (κ3) is 1.53. The Kier molecular flexibility index (Phi) is 2.35. The summed E-state index contributed by atoms with van der Waals surface area (Å²) in [6, 6.07) is 6.16.